The van der Waals surface area contributed by atoms with Crippen molar-refractivity contribution >= 4 is 0 Å². The van der Waals surface area contributed by atoms with Crippen molar-refractivity contribution in [3.05, 3.63) is 29.3 Å². The summed E-state index contributed by atoms with van der Waals surface area (Å²) in [5.74, 6) is 1.01. The van der Waals surface area contributed by atoms with Gasteiger partial charge in [-0.3, -0.25) is 0 Å². The molecule has 0 aliphatic rings. The van der Waals surface area contributed by atoms with Gasteiger partial charge in [0.05, 0.1) is 6.61 Å². The molecule has 18 heavy (non-hydrogen) atoms. The minimum absolute atomic E-state index is 0.778. The van der Waals surface area contributed by atoms with Crippen LogP contribution in [-0.2, 0) is 6.54 Å². The van der Waals surface area contributed by atoms with Crippen molar-refractivity contribution in [1.82, 2.24) is 10.2 Å². The quantitative estimate of drug-likeness (QED) is 0.717. The number of ether oxygens (including phenoxy) is 1. The average molecular weight is 250 g/mol. The molecule has 0 unspecified atom stereocenters. The lowest BCUT2D eigenvalue weighted by Crippen LogP contribution is -2.16. The van der Waals surface area contributed by atoms with E-state index in [9.17, 15) is 0 Å². The highest BCUT2D eigenvalue weighted by Crippen LogP contribution is 2.20. The van der Waals surface area contributed by atoms with E-state index in [-0.39, 0.29) is 0 Å². The summed E-state index contributed by atoms with van der Waals surface area (Å²) in [5, 5.41) is 3.35. The van der Waals surface area contributed by atoms with Crippen molar-refractivity contribution < 1.29 is 4.74 Å². The van der Waals surface area contributed by atoms with Crippen LogP contribution in [0.4, 0.5) is 0 Å². The molecule has 0 saturated heterocycles. The fraction of sp³-hybridized carbons (Fsp3) is 0.600. The highest BCUT2D eigenvalue weighted by Gasteiger charge is 2.03. The van der Waals surface area contributed by atoms with Gasteiger partial charge in [-0.15, -0.1) is 0 Å². The molecule has 0 aromatic heterocycles. The molecule has 0 aliphatic heterocycles. The fourth-order valence-electron chi connectivity index (χ4n) is 1.81. The lowest BCUT2D eigenvalue weighted by Gasteiger charge is -2.14. The third-order valence-corrected chi connectivity index (χ3v) is 2.79. The standard InChI is InChI=1S/C15H26N2O/c1-5-16-12-14-11-13(2)7-8-15(14)18-10-6-9-17(3)4/h7-8,11,16H,5-6,9-10,12H2,1-4H3. The van der Waals surface area contributed by atoms with Crippen molar-refractivity contribution in [2.45, 2.75) is 26.8 Å². The van der Waals surface area contributed by atoms with Gasteiger partial charge in [0.25, 0.3) is 0 Å². The van der Waals surface area contributed by atoms with Gasteiger partial charge in [-0.2, -0.15) is 0 Å². The number of nitrogens with zero attached hydrogens (tertiary/aromatic N) is 1. The van der Waals surface area contributed by atoms with Gasteiger partial charge >= 0.3 is 0 Å². The Balaban J connectivity index is 2.52. The van der Waals surface area contributed by atoms with E-state index >= 15 is 0 Å². The van der Waals surface area contributed by atoms with E-state index in [1.165, 1.54) is 11.1 Å². The van der Waals surface area contributed by atoms with E-state index in [0.29, 0.717) is 0 Å². The topological polar surface area (TPSA) is 24.5 Å². The van der Waals surface area contributed by atoms with Crippen LogP contribution in [0, 0.1) is 6.92 Å². The monoisotopic (exact) mass is 250 g/mol. The number of hydrogen-bond acceptors (Lipinski definition) is 3. The normalized spacial score (nSPS) is 10.9. The van der Waals surface area contributed by atoms with E-state index in [4.69, 9.17) is 4.74 Å². The first-order chi connectivity index (χ1) is 8.63. The maximum absolute atomic E-state index is 5.87. The number of hydrogen-bond donors (Lipinski definition) is 1. The van der Waals surface area contributed by atoms with Crippen molar-refractivity contribution in [3.63, 3.8) is 0 Å². The molecule has 102 valence electrons. The molecule has 0 aliphatic carbocycles. The molecule has 0 atom stereocenters. The van der Waals surface area contributed by atoms with Crippen LogP contribution in [0.2, 0.25) is 0 Å². The lowest BCUT2D eigenvalue weighted by molar-refractivity contribution is 0.279. The van der Waals surface area contributed by atoms with Gasteiger partial charge < -0.3 is 15.0 Å². The predicted molar refractivity (Wildman–Crippen MR) is 77.2 cm³/mol. The van der Waals surface area contributed by atoms with E-state index < -0.39 is 0 Å². The van der Waals surface area contributed by atoms with Gasteiger partial charge in [-0.25, -0.2) is 0 Å². The Morgan fingerprint density at radius 1 is 1.28 bits per heavy atom. The van der Waals surface area contributed by atoms with Crippen molar-refractivity contribution in [2.75, 3.05) is 33.8 Å². The Morgan fingerprint density at radius 2 is 2.06 bits per heavy atom. The molecule has 3 nitrogen and oxygen atoms in total. The number of rotatable bonds is 8. The van der Waals surface area contributed by atoms with Crippen LogP contribution in [0.15, 0.2) is 18.2 Å². The molecule has 0 fully saturated rings. The summed E-state index contributed by atoms with van der Waals surface area (Å²) in [4.78, 5) is 2.18. The van der Waals surface area contributed by atoms with E-state index in [1.54, 1.807) is 0 Å². The molecule has 0 saturated carbocycles. The van der Waals surface area contributed by atoms with Crippen LogP contribution in [-0.4, -0.2) is 38.7 Å². The maximum atomic E-state index is 5.87. The first kappa shape index (κ1) is 15.0. The number of benzene rings is 1. The molecule has 1 aromatic rings. The first-order valence-electron chi connectivity index (χ1n) is 6.71. The number of nitrogens with one attached hydrogen (secondary N) is 1. The first-order valence-corrected chi connectivity index (χ1v) is 6.71. The maximum Gasteiger partial charge on any atom is 0.123 e. The fourth-order valence-corrected chi connectivity index (χ4v) is 1.81. The van der Waals surface area contributed by atoms with Gasteiger partial charge in [0.15, 0.2) is 0 Å². The van der Waals surface area contributed by atoms with Crippen LogP contribution in [0.1, 0.15) is 24.5 Å². The van der Waals surface area contributed by atoms with Gasteiger partial charge in [0.2, 0.25) is 0 Å². The second kappa shape index (κ2) is 8.11. The molecule has 3 heteroatoms. The second-order valence-corrected chi connectivity index (χ2v) is 4.90. The van der Waals surface area contributed by atoms with Gasteiger partial charge in [-0.05, 0) is 40.1 Å². The smallest absolute Gasteiger partial charge is 0.123 e. The molecule has 1 N–H and O–H groups in total. The molecular formula is C15H26N2O. The summed E-state index contributed by atoms with van der Waals surface area (Å²) in [6.07, 6.45) is 1.06. The summed E-state index contributed by atoms with van der Waals surface area (Å²) in [6.45, 7) is 7.93. The van der Waals surface area contributed by atoms with Crippen LogP contribution in [0.5, 0.6) is 5.75 Å². The Labute approximate surface area is 111 Å². The second-order valence-electron chi connectivity index (χ2n) is 4.90. The molecule has 0 spiro atoms. The zero-order valence-electron chi connectivity index (χ0n) is 12.1. The number of aryl methyl sites for hydroxylation is 1. The van der Waals surface area contributed by atoms with Gasteiger partial charge in [0, 0.05) is 18.7 Å². The van der Waals surface area contributed by atoms with Crippen LogP contribution in [0.25, 0.3) is 0 Å². The van der Waals surface area contributed by atoms with Crippen LogP contribution >= 0.6 is 0 Å². The van der Waals surface area contributed by atoms with Crippen molar-refractivity contribution in [1.29, 1.82) is 0 Å². The SMILES string of the molecule is CCNCc1cc(C)ccc1OCCCN(C)C. The molecule has 1 aromatic carbocycles. The minimum atomic E-state index is 0.778. The molecular weight excluding hydrogens is 224 g/mol. The van der Waals surface area contributed by atoms with E-state index in [1.807, 2.05) is 0 Å². The minimum Gasteiger partial charge on any atom is -0.493 e. The Hall–Kier alpha value is -1.06. The Bertz CT molecular complexity index is 350. The highest BCUT2D eigenvalue weighted by atomic mass is 16.5. The van der Waals surface area contributed by atoms with Gasteiger partial charge in [-0.1, -0.05) is 24.6 Å². The summed E-state index contributed by atoms with van der Waals surface area (Å²) in [7, 11) is 4.17. The molecule has 0 radical (unpaired) electrons. The molecule has 0 heterocycles. The highest BCUT2D eigenvalue weighted by molar-refractivity contribution is 5.36. The van der Waals surface area contributed by atoms with Crippen LogP contribution < -0.4 is 10.1 Å². The summed E-state index contributed by atoms with van der Waals surface area (Å²) < 4.78 is 5.87. The Morgan fingerprint density at radius 3 is 2.72 bits per heavy atom. The zero-order valence-corrected chi connectivity index (χ0v) is 12.1. The van der Waals surface area contributed by atoms with Crippen LogP contribution in [0.3, 0.4) is 0 Å². The van der Waals surface area contributed by atoms with E-state index in [2.05, 4.69) is 56.4 Å². The third-order valence-electron chi connectivity index (χ3n) is 2.79. The van der Waals surface area contributed by atoms with Crippen molar-refractivity contribution in [2.24, 2.45) is 0 Å². The summed E-state index contributed by atoms with van der Waals surface area (Å²) >= 11 is 0. The molecule has 0 amide bonds. The van der Waals surface area contributed by atoms with Gasteiger partial charge in [0.1, 0.15) is 5.75 Å². The largest absolute Gasteiger partial charge is 0.493 e. The molecule has 1 rings (SSSR count). The van der Waals surface area contributed by atoms with E-state index in [0.717, 1.165) is 38.4 Å². The summed E-state index contributed by atoms with van der Waals surface area (Å²) in [6, 6.07) is 6.39. The lowest BCUT2D eigenvalue weighted by atomic mass is 10.1. The Kier molecular flexibility index (Phi) is 6.76. The summed E-state index contributed by atoms with van der Waals surface area (Å²) in [5.41, 5.74) is 2.53. The van der Waals surface area contributed by atoms with Crippen molar-refractivity contribution in [3.8, 4) is 5.75 Å². The predicted octanol–water partition coefficient (Wildman–Crippen LogP) is 2.44. The average Bonchev–Trinajstić information content (AvgIpc) is 2.33. The molecule has 0 bridgehead atoms. The zero-order chi connectivity index (χ0) is 13.4. The third kappa shape index (κ3) is 5.52.